The molecule has 0 spiro atoms. The smallest absolute Gasteiger partial charge is 0.246 e. The number of anilines is 1. The molecule has 0 aliphatic carbocycles. The quantitative estimate of drug-likeness (QED) is 0.391. The van der Waals surface area contributed by atoms with E-state index in [-0.39, 0.29) is 11.3 Å². The summed E-state index contributed by atoms with van der Waals surface area (Å²) >= 11 is 6.30. The standard InChI is InChI=1S/C25H20ClNO4/c1-2-30-21-11-7-6-10-19(21)23-15-20(28)18-13-12-17(14-22(18)31-23)27-25(29)24(26)16-8-4-3-5-9-16/h3-15,24H,2H2,1H3,(H,27,29). The highest BCUT2D eigenvalue weighted by molar-refractivity contribution is 6.32. The highest BCUT2D eigenvalue weighted by Gasteiger charge is 2.18. The molecule has 0 aliphatic rings. The Morgan fingerprint density at radius 1 is 1.03 bits per heavy atom. The van der Waals surface area contributed by atoms with Crippen LogP contribution in [0.15, 0.2) is 88.1 Å². The lowest BCUT2D eigenvalue weighted by Gasteiger charge is -2.12. The second-order valence-corrected chi connectivity index (χ2v) is 7.31. The van der Waals surface area contributed by atoms with Crippen molar-refractivity contribution in [3.63, 3.8) is 0 Å². The van der Waals surface area contributed by atoms with Gasteiger partial charge in [0.05, 0.1) is 17.6 Å². The molecule has 1 heterocycles. The van der Waals surface area contributed by atoms with Crippen molar-refractivity contribution in [3.8, 4) is 17.1 Å². The number of amides is 1. The highest BCUT2D eigenvalue weighted by atomic mass is 35.5. The van der Waals surface area contributed by atoms with Crippen molar-refractivity contribution in [2.45, 2.75) is 12.3 Å². The topological polar surface area (TPSA) is 68.5 Å². The SMILES string of the molecule is CCOc1ccccc1-c1cc(=O)c2ccc(NC(=O)C(Cl)c3ccccc3)cc2o1. The molecule has 3 aromatic carbocycles. The van der Waals surface area contributed by atoms with E-state index in [4.69, 9.17) is 20.8 Å². The first-order valence-electron chi connectivity index (χ1n) is 9.87. The second kappa shape index (κ2) is 9.06. The summed E-state index contributed by atoms with van der Waals surface area (Å²) in [6, 6.07) is 22.8. The summed E-state index contributed by atoms with van der Waals surface area (Å²) < 4.78 is 11.7. The summed E-state index contributed by atoms with van der Waals surface area (Å²) in [5, 5.41) is 2.36. The van der Waals surface area contributed by atoms with Crippen LogP contribution >= 0.6 is 11.6 Å². The largest absolute Gasteiger partial charge is 0.493 e. The number of nitrogens with one attached hydrogen (secondary N) is 1. The maximum Gasteiger partial charge on any atom is 0.246 e. The third-order valence-corrected chi connectivity index (χ3v) is 5.22. The van der Waals surface area contributed by atoms with E-state index >= 15 is 0 Å². The summed E-state index contributed by atoms with van der Waals surface area (Å²) in [4.78, 5) is 25.2. The van der Waals surface area contributed by atoms with E-state index in [0.717, 1.165) is 0 Å². The van der Waals surface area contributed by atoms with Crippen LogP contribution in [-0.4, -0.2) is 12.5 Å². The lowest BCUT2D eigenvalue weighted by Crippen LogP contribution is -2.17. The number of para-hydroxylation sites is 1. The molecule has 156 valence electrons. The Balaban J connectivity index is 1.67. The van der Waals surface area contributed by atoms with Crippen LogP contribution in [0.5, 0.6) is 5.75 Å². The third kappa shape index (κ3) is 4.47. The van der Waals surface area contributed by atoms with E-state index in [1.54, 1.807) is 30.3 Å². The minimum absolute atomic E-state index is 0.181. The fraction of sp³-hybridized carbons (Fsp3) is 0.120. The second-order valence-electron chi connectivity index (χ2n) is 6.88. The van der Waals surface area contributed by atoms with E-state index in [9.17, 15) is 9.59 Å². The molecule has 4 rings (SSSR count). The zero-order chi connectivity index (χ0) is 21.8. The molecule has 0 saturated heterocycles. The number of hydrogen-bond donors (Lipinski definition) is 1. The maximum absolute atomic E-state index is 12.7. The summed E-state index contributed by atoms with van der Waals surface area (Å²) in [5.74, 6) is 0.654. The molecule has 1 N–H and O–H groups in total. The molecule has 0 bridgehead atoms. The summed E-state index contributed by atoms with van der Waals surface area (Å²) in [5.41, 5.74) is 2.04. The van der Waals surface area contributed by atoms with Crippen LogP contribution in [0.2, 0.25) is 0 Å². The number of rotatable bonds is 6. The third-order valence-electron chi connectivity index (χ3n) is 4.77. The van der Waals surface area contributed by atoms with Crippen molar-refractivity contribution in [1.82, 2.24) is 0 Å². The summed E-state index contributed by atoms with van der Waals surface area (Å²) in [6.07, 6.45) is 0. The Morgan fingerprint density at radius 3 is 2.55 bits per heavy atom. The van der Waals surface area contributed by atoms with Crippen molar-refractivity contribution in [1.29, 1.82) is 0 Å². The minimum Gasteiger partial charge on any atom is -0.493 e. The van der Waals surface area contributed by atoms with E-state index < -0.39 is 5.38 Å². The fourth-order valence-electron chi connectivity index (χ4n) is 3.30. The van der Waals surface area contributed by atoms with Crippen molar-refractivity contribution in [2.24, 2.45) is 0 Å². The van der Waals surface area contributed by atoms with E-state index in [2.05, 4.69) is 5.32 Å². The van der Waals surface area contributed by atoms with E-state index in [1.807, 2.05) is 49.4 Å². The van der Waals surface area contributed by atoms with Crippen molar-refractivity contribution in [3.05, 3.63) is 94.6 Å². The van der Waals surface area contributed by atoms with Gasteiger partial charge < -0.3 is 14.5 Å². The van der Waals surface area contributed by atoms with Crippen LogP contribution in [0.4, 0.5) is 5.69 Å². The Morgan fingerprint density at radius 2 is 1.77 bits per heavy atom. The maximum atomic E-state index is 12.7. The number of carbonyl (C=O) groups is 1. The van der Waals surface area contributed by atoms with Gasteiger partial charge in [0.1, 0.15) is 22.5 Å². The minimum atomic E-state index is -0.840. The number of alkyl halides is 1. The summed E-state index contributed by atoms with van der Waals surface area (Å²) in [6.45, 7) is 2.38. The molecule has 1 amide bonds. The first-order chi connectivity index (χ1) is 15.1. The number of ether oxygens (including phenoxy) is 1. The average Bonchev–Trinajstić information content (AvgIpc) is 2.79. The zero-order valence-electron chi connectivity index (χ0n) is 16.8. The van der Waals surface area contributed by atoms with Gasteiger partial charge in [-0.1, -0.05) is 42.5 Å². The molecule has 1 aromatic heterocycles. The average molecular weight is 434 g/mol. The monoisotopic (exact) mass is 433 g/mol. The normalized spacial score (nSPS) is 11.8. The first kappa shape index (κ1) is 20.7. The Kier molecular flexibility index (Phi) is 6.05. The first-order valence-corrected chi connectivity index (χ1v) is 10.3. The Bertz CT molecular complexity index is 1280. The van der Waals surface area contributed by atoms with Gasteiger partial charge in [0.25, 0.3) is 0 Å². The lowest BCUT2D eigenvalue weighted by atomic mass is 10.1. The molecule has 6 heteroatoms. The predicted octanol–water partition coefficient (Wildman–Crippen LogP) is 5.78. The molecule has 1 unspecified atom stereocenters. The summed E-state index contributed by atoms with van der Waals surface area (Å²) in [7, 11) is 0. The van der Waals surface area contributed by atoms with Crippen LogP contribution < -0.4 is 15.5 Å². The number of fused-ring (bicyclic) bond motifs is 1. The Labute approximate surface area is 184 Å². The molecule has 1 atom stereocenters. The van der Waals surface area contributed by atoms with Crippen LogP contribution in [0.1, 0.15) is 17.9 Å². The van der Waals surface area contributed by atoms with Crippen molar-refractivity contribution >= 4 is 34.2 Å². The molecular weight excluding hydrogens is 414 g/mol. The zero-order valence-corrected chi connectivity index (χ0v) is 17.6. The van der Waals surface area contributed by atoms with Crippen LogP contribution in [0.3, 0.4) is 0 Å². The highest BCUT2D eigenvalue weighted by Crippen LogP contribution is 2.31. The van der Waals surface area contributed by atoms with Gasteiger partial charge in [-0.15, -0.1) is 11.6 Å². The molecular formula is C25H20ClNO4. The van der Waals surface area contributed by atoms with Gasteiger partial charge in [0.2, 0.25) is 5.91 Å². The van der Waals surface area contributed by atoms with Gasteiger partial charge in [-0.25, -0.2) is 0 Å². The Hall–Kier alpha value is -3.57. The molecule has 5 nitrogen and oxygen atoms in total. The van der Waals surface area contributed by atoms with Crippen molar-refractivity contribution in [2.75, 3.05) is 11.9 Å². The fourth-order valence-corrected chi connectivity index (χ4v) is 3.50. The molecule has 0 fully saturated rings. The molecule has 0 radical (unpaired) electrons. The van der Waals surface area contributed by atoms with Crippen LogP contribution in [0, 0.1) is 0 Å². The number of hydrogen-bond acceptors (Lipinski definition) is 4. The molecule has 4 aromatic rings. The van der Waals surface area contributed by atoms with Gasteiger partial charge in [0.15, 0.2) is 5.43 Å². The van der Waals surface area contributed by atoms with Gasteiger partial charge in [0, 0.05) is 17.8 Å². The van der Waals surface area contributed by atoms with Gasteiger partial charge >= 0.3 is 0 Å². The number of benzene rings is 3. The van der Waals surface area contributed by atoms with Crippen LogP contribution in [-0.2, 0) is 4.79 Å². The molecule has 0 aliphatic heterocycles. The van der Waals surface area contributed by atoms with Gasteiger partial charge in [-0.3, -0.25) is 9.59 Å². The van der Waals surface area contributed by atoms with E-state index in [0.29, 0.717) is 45.9 Å². The lowest BCUT2D eigenvalue weighted by molar-refractivity contribution is -0.116. The van der Waals surface area contributed by atoms with Crippen molar-refractivity contribution < 1.29 is 13.9 Å². The van der Waals surface area contributed by atoms with Gasteiger partial charge in [-0.05, 0) is 36.8 Å². The molecule has 0 saturated carbocycles. The predicted molar refractivity (Wildman–Crippen MR) is 123 cm³/mol. The van der Waals surface area contributed by atoms with E-state index in [1.165, 1.54) is 6.07 Å². The van der Waals surface area contributed by atoms with Crippen LogP contribution in [0.25, 0.3) is 22.3 Å². The van der Waals surface area contributed by atoms with Gasteiger partial charge in [-0.2, -0.15) is 0 Å². The molecule has 31 heavy (non-hydrogen) atoms. The number of halogens is 1. The number of carbonyl (C=O) groups excluding carboxylic acids is 1.